The van der Waals surface area contributed by atoms with E-state index in [4.69, 9.17) is 9.47 Å². The van der Waals surface area contributed by atoms with Crippen LogP contribution in [0.3, 0.4) is 0 Å². The first kappa shape index (κ1) is 21.0. The number of aromatic nitrogens is 1. The largest absolute Gasteiger partial charge is 0.473 e. The fraction of sp³-hybridized carbons (Fsp3) is 0.478. The van der Waals surface area contributed by atoms with Crippen molar-refractivity contribution in [3.63, 3.8) is 0 Å². The average Bonchev–Trinajstić information content (AvgIpc) is 2.72. The number of nitrogens with zero attached hydrogens (tertiary/aromatic N) is 3. The van der Waals surface area contributed by atoms with Crippen molar-refractivity contribution in [2.24, 2.45) is 0 Å². The minimum atomic E-state index is -0.470. The molecule has 0 bridgehead atoms. The molecule has 1 amide bonds. The minimum absolute atomic E-state index is 0.197. The zero-order chi connectivity index (χ0) is 20.9. The Morgan fingerprint density at radius 2 is 1.83 bits per heavy atom. The van der Waals surface area contributed by atoms with Crippen molar-refractivity contribution >= 4 is 11.8 Å². The van der Waals surface area contributed by atoms with Crippen LogP contribution in [-0.2, 0) is 11.3 Å². The van der Waals surface area contributed by atoms with E-state index in [1.54, 1.807) is 4.90 Å². The number of anilines is 1. The van der Waals surface area contributed by atoms with E-state index in [9.17, 15) is 4.79 Å². The third kappa shape index (κ3) is 6.11. The van der Waals surface area contributed by atoms with Crippen LogP contribution < -0.4 is 9.64 Å². The summed E-state index contributed by atoms with van der Waals surface area (Å²) in [5, 5.41) is 0. The predicted molar refractivity (Wildman–Crippen MR) is 114 cm³/mol. The fourth-order valence-corrected chi connectivity index (χ4v) is 3.37. The van der Waals surface area contributed by atoms with Crippen LogP contribution in [0.4, 0.5) is 10.5 Å². The summed E-state index contributed by atoms with van der Waals surface area (Å²) in [6, 6.07) is 14.2. The Balaban J connectivity index is 1.48. The monoisotopic (exact) mass is 397 g/mol. The summed E-state index contributed by atoms with van der Waals surface area (Å²) in [4.78, 5) is 20.8. The van der Waals surface area contributed by atoms with Crippen LogP contribution in [0.5, 0.6) is 5.88 Å². The van der Waals surface area contributed by atoms with Gasteiger partial charge in [-0.1, -0.05) is 30.3 Å². The van der Waals surface area contributed by atoms with Crippen LogP contribution in [0.2, 0.25) is 0 Å². The first-order valence-corrected chi connectivity index (χ1v) is 10.2. The van der Waals surface area contributed by atoms with Gasteiger partial charge in [0.2, 0.25) is 5.88 Å². The molecule has 0 radical (unpaired) electrons. The van der Waals surface area contributed by atoms with Gasteiger partial charge < -0.3 is 19.3 Å². The Kier molecular flexibility index (Phi) is 6.62. The molecular formula is C23H31N3O3. The number of rotatable bonds is 5. The van der Waals surface area contributed by atoms with E-state index in [-0.39, 0.29) is 12.1 Å². The summed E-state index contributed by atoms with van der Waals surface area (Å²) >= 11 is 0. The van der Waals surface area contributed by atoms with Gasteiger partial charge in [0.25, 0.3) is 0 Å². The molecule has 0 spiro atoms. The molecule has 1 aliphatic rings. The Labute approximate surface area is 173 Å². The summed E-state index contributed by atoms with van der Waals surface area (Å²) in [6.45, 7) is 7.94. The molecule has 29 heavy (non-hydrogen) atoms. The first-order valence-electron chi connectivity index (χ1n) is 10.2. The number of hydrogen-bond donors (Lipinski definition) is 0. The normalized spacial score (nSPS) is 15.1. The molecule has 1 aromatic carbocycles. The number of carbonyl (C=O) groups excluding carboxylic acids is 1. The number of amides is 1. The highest BCUT2D eigenvalue weighted by atomic mass is 16.6. The van der Waals surface area contributed by atoms with Crippen molar-refractivity contribution in [3.05, 3.63) is 54.2 Å². The summed E-state index contributed by atoms with van der Waals surface area (Å²) in [7, 11) is 1.83. The molecular weight excluding hydrogens is 366 g/mol. The van der Waals surface area contributed by atoms with Gasteiger partial charge >= 0.3 is 6.09 Å². The van der Waals surface area contributed by atoms with E-state index in [0.717, 1.165) is 37.2 Å². The van der Waals surface area contributed by atoms with E-state index in [2.05, 4.69) is 9.88 Å². The van der Waals surface area contributed by atoms with Gasteiger partial charge in [-0.3, -0.25) is 0 Å². The summed E-state index contributed by atoms with van der Waals surface area (Å²) < 4.78 is 11.2. The number of benzene rings is 1. The van der Waals surface area contributed by atoms with Crippen LogP contribution in [0.15, 0.2) is 48.7 Å². The lowest BCUT2D eigenvalue weighted by Crippen LogP contribution is -2.47. The van der Waals surface area contributed by atoms with Gasteiger partial charge in [0.15, 0.2) is 0 Å². The van der Waals surface area contributed by atoms with Crippen LogP contribution in [-0.4, -0.2) is 47.8 Å². The molecule has 1 fully saturated rings. The zero-order valence-corrected chi connectivity index (χ0v) is 17.8. The van der Waals surface area contributed by atoms with Crippen LogP contribution in [0.25, 0.3) is 0 Å². The smallest absolute Gasteiger partial charge is 0.410 e. The molecule has 1 aromatic heterocycles. The lowest BCUT2D eigenvalue weighted by Gasteiger charge is -2.38. The number of pyridine rings is 1. The van der Waals surface area contributed by atoms with Crippen molar-refractivity contribution in [3.8, 4) is 5.88 Å². The number of carbonyl (C=O) groups is 1. The van der Waals surface area contributed by atoms with Crippen LogP contribution in [0.1, 0.15) is 39.2 Å². The molecule has 3 rings (SSSR count). The van der Waals surface area contributed by atoms with Crippen LogP contribution in [0, 0.1) is 0 Å². The first-order chi connectivity index (χ1) is 13.8. The summed E-state index contributed by atoms with van der Waals surface area (Å²) in [6.07, 6.45) is 3.42. The molecule has 2 aromatic rings. The Morgan fingerprint density at radius 1 is 1.14 bits per heavy atom. The molecule has 1 saturated heterocycles. The second kappa shape index (κ2) is 9.16. The molecule has 156 valence electrons. The fourth-order valence-electron chi connectivity index (χ4n) is 3.37. The standard InChI is InChI=1S/C23H31N3O3/c1-23(2,3)29-22(27)25(4)19-12-14-26(15-13-19)20-10-11-21(24-16-20)28-17-18-8-6-5-7-9-18/h5-11,16,19H,12-15,17H2,1-4H3. The van der Waals surface area contributed by atoms with Crippen molar-refractivity contribution < 1.29 is 14.3 Å². The molecule has 0 N–H and O–H groups in total. The van der Waals surface area contributed by atoms with E-state index >= 15 is 0 Å². The van der Waals surface area contributed by atoms with E-state index in [1.807, 2.05) is 76.5 Å². The molecule has 0 saturated carbocycles. The second-order valence-corrected chi connectivity index (χ2v) is 8.44. The van der Waals surface area contributed by atoms with Gasteiger partial charge in [-0.25, -0.2) is 9.78 Å². The maximum Gasteiger partial charge on any atom is 0.410 e. The van der Waals surface area contributed by atoms with Gasteiger partial charge in [0.05, 0.1) is 11.9 Å². The quantitative estimate of drug-likeness (QED) is 0.744. The summed E-state index contributed by atoms with van der Waals surface area (Å²) in [5.74, 6) is 0.622. The lowest BCUT2D eigenvalue weighted by molar-refractivity contribution is 0.0201. The lowest BCUT2D eigenvalue weighted by atomic mass is 10.0. The topological polar surface area (TPSA) is 54.9 Å². The molecule has 0 unspecified atom stereocenters. The zero-order valence-electron chi connectivity index (χ0n) is 17.8. The Hall–Kier alpha value is -2.76. The number of ether oxygens (including phenoxy) is 2. The van der Waals surface area contributed by atoms with Crippen molar-refractivity contribution in [1.82, 2.24) is 9.88 Å². The SMILES string of the molecule is CN(C(=O)OC(C)(C)C)C1CCN(c2ccc(OCc3ccccc3)nc2)CC1. The van der Waals surface area contributed by atoms with Gasteiger partial charge in [-0.05, 0) is 45.2 Å². The van der Waals surface area contributed by atoms with E-state index in [0.29, 0.717) is 12.5 Å². The number of hydrogen-bond acceptors (Lipinski definition) is 5. The van der Waals surface area contributed by atoms with E-state index in [1.165, 1.54) is 0 Å². The maximum atomic E-state index is 12.3. The van der Waals surface area contributed by atoms with Crippen molar-refractivity contribution in [1.29, 1.82) is 0 Å². The highest BCUT2D eigenvalue weighted by Gasteiger charge is 2.28. The molecule has 6 heteroatoms. The highest BCUT2D eigenvalue weighted by molar-refractivity contribution is 5.68. The molecule has 1 aliphatic heterocycles. The molecule has 2 heterocycles. The second-order valence-electron chi connectivity index (χ2n) is 8.44. The van der Waals surface area contributed by atoms with Crippen molar-refractivity contribution in [2.45, 2.75) is 51.9 Å². The van der Waals surface area contributed by atoms with Gasteiger partial charge in [-0.2, -0.15) is 0 Å². The maximum absolute atomic E-state index is 12.3. The van der Waals surface area contributed by atoms with Crippen molar-refractivity contribution in [2.75, 3.05) is 25.0 Å². The average molecular weight is 398 g/mol. The van der Waals surface area contributed by atoms with Gasteiger partial charge in [-0.15, -0.1) is 0 Å². The summed E-state index contributed by atoms with van der Waals surface area (Å²) in [5.41, 5.74) is 1.73. The molecule has 0 atom stereocenters. The van der Waals surface area contributed by atoms with E-state index < -0.39 is 5.60 Å². The predicted octanol–water partition coefficient (Wildman–Crippen LogP) is 4.50. The third-order valence-corrected chi connectivity index (χ3v) is 5.01. The highest BCUT2D eigenvalue weighted by Crippen LogP contribution is 2.24. The third-order valence-electron chi connectivity index (χ3n) is 5.01. The minimum Gasteiger partial charge on any atom is -0.473 e. The van der Waals surface area contributed by atoms with Gasteiger partial charge in [0.1, 0.15) is 12.2 Å². The molecule has 0 aliphatic carbocycles. The van der Waals surface area contributed by atoms with Crippen LogP contribution >= 0.6 is 0 Å². The number of piperidine rings is 1. The molecule has 6 nitrogen and oxygen atoms in total. The van der Waals surface area contributed by atoms with Gasteiger partial charge in [0, 0.05) is 32.2 Å². The Morgan fingerprint density at radius 3 is 2.41 bits per heavy atom. The Bertz CT molecular complexity index is 779.